The normalized spacial score (nSPS) is 31.6. The van der Waals surface area contributed by atoms with Gasteiger partial charge in [-0.2, -0.15) is 0 Å². The highest BCUT2D eigenvalue weighted by Crippen LogP contribution is 2.43. The summed E-state index contributed by atoms with van der Waals surface area (Å²) in [7, 11) is 0. The van der Waals surface area contributed by atoms with Crippen LogP contribution in [0.2, 0.25) is 0 Å². The minimum absolute atomic E-state index is 0.406. The molecule has 1 aliphatic heterocycles. The molecule has 1 atom stereocenters. The second-order valence-corrected chi connectivity index (χ2v) is 6.64. The monoisotopic (exact) mass is 236 g/mol. The van der Waals surface area contributed by atoms with Gasteiger partial charge in [-0.15, -0.1) is 0 Å². The van der Waals surface area contributed by atoms with Gasteiger partial charge in [-0.3, -0.25) is 4.90 Å². The van der Waals surface area contributed by atoms with Gasteiger partial charge in [0.25, 0.3) is 0 Å². The summed E-state index contributed by atoms with van der Waals surface area (Å²) < 4.78 is 0. The van der Waals surface area contributed by atoms with Crippen LogP contribution in [0.4, 0.5) is 0 Å². The van der Waals surface area contributed by atoms with E-state index in [1.54, 1.807) is 0 Å². The van der Waals surface area contributed by atoms with Crippen LogP contribution in [0.5, 0.6) is 0 Å². The van der Waals surface area contributed by atoms with Crippen molar-refractivity contribution in [1.29, 1.82) is 0 Å². The number of hydrogen-bond donors (Lipinski definition) is 1. The summed E-state index contributed by atoms with van der Waals surface area (Å²) in [5, 5.41) is 0. The van der Waals surface area contributed by atoms with Crippen molar-refractivity contribution < 1.29 is 0 Å². The van der Waals surface area contributed by atoms with Crippen LogP contribution in [-0.2, 0) is 0 Å². The minimum atomic E-state index is 0.406. The first kappa shape index (κ1) is 12.0. The first-order valence-corrected chi connectivity index (χ1v) is 7.82. The molecule has 0 aromatic heterocycles. The van der Waals surface area contributed by atoms with Crippen molar-refractivity contribution in [1.82, 2.24) is 4.90 Å². The van der Waals surface area contributed by atoms with Crippen molar-refractivity contribution in [2.24, 2.45) is 11.7 Å². The van der Waals surface area contributed by atoms with Crippen LogP contribution in [0.25, 0.3) is 0 Å². The molecular formula is C15H28N2. The van der Waals surface area contributed by atoms with Gasteiger partial charge in [-0.05, 0) is 51.1 Å². The molecular weight excluding hydrogens is 208 g/mol. The fourth-order valence-electron chi connectivity index (χ4n) is 4.18. The highest BCUT2D eigenvalue weighted by atomic mass is 15.2. The van der Waals surface area contributed by atoms with Gasteiger partial charge in [0.15, 0.2) is 0 Å². The Balaban J connectivity index is 1.70. The third-order valence-corrected chi connectivity index (χ3v) is 5.43. The number of nitrogens with zero attached hydrogens (tertiary/aromatic N) is 1. The van der Waals surface area contributed by atoms with Gasteiger partial charge in [0.05, 0.1) is 0 Å². The van der Waals surface area contributed by atoms with Crippen LogP contribution >= 0.6 is 0 Å². The van der Waals surface area contributed by atoms with E-state index in [4.69, 9.17) is 5.73 Å². The minimum Gasteiger partial charge on any atom is -0.326 e. The maximum absolute atomic E-state index is 6.64. The Morgan fingerprint density at radius 3 is 2.24 bits per heavy atom. The molecule has 3 aliphatic rings. The molecule has 98 valence electrons. The van der Waals surface area contributed by atoms with Crippen molar-refractivity contribution in [2.45, 2.75) is 75.8 Å². The highest BCUT2D eigenvalue weighted by molar-refractivity contribution is 5.04. The Kier molecular flexibility index (Phi) is 3.45. The molecule has 1 heterocycles. The molecule has 3 fully saturated rings. The predicted molar refractivity (Wildman–Crippen MR) is 71.9 cm³/mol. The zero-order chi connectivity index (χ0) is 11.7. The molecule has 2 N–H and O–H groups in total. The molecule has 1 unspecified atom stereocenters. The molecule has 3 rings (SSSR count). The van der Waals surface area contributed by atoms with Gasteiger partial charge in [0, 0.05) is 11.6 Å². The highest BCUT2D eigenvalue weighted by Gasteiger charge is 2.45. The molecule has 2 aliphatic carbocycles. The van der Waals surface area contributed by atoms with Crippen LogP contribution in [-0.4, -0.2) is 29.6 Å². The lowest BCUT2D eigenvalue weighted by Gasteiger charge is -2.47. The van der Waals surface area contributed by atoms with Crippen molar-refractivity contribution in [3.8, 4) is 0 Å². The number of nitrogens with two attached hydrogens (primary N) is 1. The average molecular weight is 236 g/mol. The second kappa shape index (κ2) is 4.89. The van der Waals surface area contributed by atoms with Crippen LogP contribution in [0, 0.1) is 5.92 Å². The first-order chi connectivity index (χ1) is 8.31. The molecule has 0 radical (unpaired) electrons. The number of rotatable bonds is 4. The van der Waals surface area contributed by atoms with E-state index in [1.807, 2.05) is 0 Å². The summed E-state index contributed by atoms with van der Waals surface area (Å²) in [6, 6.07) is 0.454. The maximum Gasteiger partial charge on any atom is 0.0360 e. The van der Waals surface area contributed by atoms with E-state index >= 15 is 0 Å². The zero-order valence-electron chi connectivity index (χ0n) is 11.2. The summed E-state index contributed by atoms with van der Waals surface area (Å²) in [6.07, 6.45) is 14.0. The van der Waals surface area contributed by atoms with Crippen molar-refractivity contribution in [3.05, 3.63) is 0 Å². The summed E-state index contributed by atoms with van der Waals surface area (Å²) in [6.45, 7) is 2.64. The largest absolute Gasteiger partial charge is 0.326 e. The second-order valence-electron chi connectivity index (χ2n) is 6.64. The maximum atomic E-state index is 6.64. The van der Waals surface area contributed by atoms with E-state index < -0.39 is 0 Å². The van der Waals surface area contributed by atoms with Crippen molar-refractivity contribution in [2.75, 3.05) is 13.1 Å². The molecule has 17 heavy (non-hydrogen) atoms. The Morgan fingerprint density at radius 1 is 1.00 bits per heavy atom. The molecule has 2 saturated carbocycles. The summed E-state index contributed by atoms with van der Waals surface area (Å²) in [4.78, 5) is 2.79. The molecule has 0 spiro atoms. The van der Waals surface area contributed by atoms with E-state index in [-0.39, 0.29) is 0 Å². The SMILES string of the molecule is NC(CC1CC1)C1(N2CCCCC2)CCCC1. The third-order valence-electron chi connectivity index (χ3n) is 5.43. The zero-order valence-corrected chi connectivity index (χ0v) is 11.2. The van der Waals surface area contributed by atoms with E-state index in [2.05, 4.69) is 4.90 Å². The van der Waals surface area contributed by atoms with E-state index in [1.165, 1.54) is 77.3 Å². The first-order valence-electron chi connectivity index (χ1n) is 7.82. The fraction of sp³-hybridized carbons (Fsp3) is 1.00. The summed E-state index contributed by atoms with van der Waals surface area (Å²) in [5.41, 5.74) is 7.05. The van der Waals surface area contributed by atoms with E-state index in [0.29, 0.717) is 11.6 Å². The van der Waals surface area contributed by atoms with Gasteiger partial charge in [0.2, 0.25) is 0 Å². The van der Waals surface area contributed by atoms with Gasteiger partial charge in [-0.1, -0.05) is 32.1 Å². The average Bonchev–Trinajstić information content (AvgIpc) is 3.04. The Bertz CT molecular complexity index is 248. The van der Waals surface area contributed by atoms with E-state index in [0.717, 1.165) is 5.92 Å². The Labute approximate surface area is 106 Å². The quantitative estimate of drug-likeness (QED) is 0.813. The number of piperidine rings is 1. The molecule has 0 aromatic carbocycles. The van der Waals surface area contributed by atoms with Crippen LogP contribution in [0.1, 0.15) is 64.2 Å². The fourth-order valence-corrected chi connectivity index (χ4v) is 4.18. The number of hydrogen-bond acceptors (Lipinski definition) is 2. The van der Waals surface area contributed by atoms with Crippen molar-refractivity contribution >= 4 is 0 Å². The van der Waals surface area contributed by atoms with Crippen LogP contribution < -0.4 is 5.73 Å². The Hall–Kier alpha value is -0.0800. The van der Waals surface area contributed by atoms with Crippen LogP contribution in [0.3, 0.4) is 0 Å². The van der Waals surface area contributed by atoms with Gasteiger partial charge >= 0.3 is 0 Å². The summed E-state index contributed by atoms with van der Waals surface area (Å²) >= 11 is 0. The molecule has 0 aromatic rings. The topological polar surface area (TPSA) is 29.3 Å². The molecule has 0 amide bonds. The molecule has 0 bridgehead atoms. The lowest BCUT2D eigenvalue weighted by molar-refractivity contribution is 0.0442. The smallest absolute Gasteiger partial charge is 0.0360 e. The Morgan fingerprint density at radius 2 is 1.65 bits per heavy atom. The lowest BCUT2D eigenvalue weighted by Crippen LogP contribution is -2.59. The molecule has 1 saturated heterocycles. The third kappa shape index (κ3) is 2.39. The number of likely N-dealkylation sites (tertiary alicyclic amines) is 1. The lowest BCUT2D eigenvalue weighted by atomic mass is 9.82. The standard InChI is InChI=1S/C15H28N2/c16-14(12-13-6-7-13)15(8-2-3-9-15)17-10-4-1-5-11-17/h13-14H,1-12,16H2. The molecule has 2 nitrogen and oxygen atoms in total. The van der Waals surface area contributed by atoms with Gasteiger partial charge in [-0.25, -0.2) is 0 Å². The van der Waals surface area contributed by atoms with Crippen molar-refractivity contribution in [3.63, 3.8) is 0 Å². The van der Waals surface area contributed by atoms with Gasteiger partial charge < -0.3 is 5.73 Å². The van der Waals surface area contributed by atoms with E-state index in [9.17, 15) is 0 Å². The van der Waals surface area contributed by atoms with Crippen LogP contribution in [0.15, 0.2) is 0 Å². The van der Waals surface area contributed by atoms with Gasteiger partial charge in [0.1, 0.15) is 0 Å². The predicted octanol–water partition coefficient (Wildman–Crippen LogP) is 2.91. The summed E-state index contributed by atoms with van der Waals surface area (Å²) in [5.74, 6) is 0.979. The molecule has 2 heteroatoms.